The number of carbonyl (C=O) groups is 1. The number of nitrogens with zero attached hydrogens (tertiary/aromatic N) is 1. The second kappa shape index (κ2) is 10.3. The van der Waals surface area contributed by atoms with Crippen molar-refractivity contribution in [2.24, 2.45) is 11.8 Å². The lowest BCUT2D eigenvalue weighted by atomic mass is 9.83. The number of hydrogen-bond acceptors (Lipinski definition) is 6. The molecule has 33 heavy (non-hydrogen) atoms. The first-order chi connectivity index (χ1) is 15.1. The summed E-state index contributed by atoms with van der Waals surface area (Å²) in [6.45, 7) is 7.84. The van der Waals surface area contributed by atoms with E-state index in [4.69, 9.17) is 0 Å². The highest BCUT2D eigenvalue weighted by molar-refractivity contribution is 7.92. The Morgan fingerprint density at radius 3 is 2.36 bits per heavy atom. The van der Waals surface area contributed by atoms with Crippen LogP contribution in [-0.2, 0) is 19.4 Å². The first-order valence-corrected chi connectivity index (χ1v) is 12.6. The van der Waals surface area contributed by atoms with Crippen LogP contribution < -0.4 is 0 Å². The Morgan fingerprint density at radius 2 is 1.82 bits per heavy atom. The molecule has 2 atom stereocenters. The second-order valence-electron chi connectivity index (χ2n) is 9.61. The molecular formula is C23H34F3NO5S. The molecule has 1 saturated heterocycles. The number of aliphatic hydroxyl groups is 1. The molecule has 1 aliphatic rings. The highest BCUT2D eigenvalue weighted by Gasteiger charge is 2.51. The first kappa shape index (κ1) is 27.6. The SMILES string of the molecule is CC(C)C(O)(OC(=O)C(F)(F)F)C1CCCN(CCCC(C)(C)S(=O)(=O)c2ccccc2)C1. The van der Waals surface area contributed by atoms with Crippen molar-refractivity contribution in [2.75, 3.05) is 19.6 Å². The quantitative estimate of drug-likeness (QED) is 0.410. The average molecular weight is 494 g/mol. The van der Waals surface area contributed by atoms with Crippen LogP contribution in [0, 0.1) is 11.8 Å². The van der Waals surface area contributed by atoms with E-state index in [0.29, 0.717) is 38.8 Å². The number of alkyl halides is 3. The topological polar surface area (TPSA) is 83.9 Å². The smallest absolute Gasteiger partial charge is 0.426 e. The number of carbonyl (C=O) groups excluding carboxylic acids is 1. The van der Waals surface area contributed by atoms with Crippen molar-refractivity contribution in [3.05, 3.63) is 30.3 Å². The fraction of sp³-hybridized carbons (Fsp3) is 0.696. The number of esters is 1. The van der Waals surface area contributed by atoms with Crippen LogP contribution in [0.4, 0.5) is 13.2 Å². The summed E-state index contributed by atoms with van der Waals surface area (Å²) < 4.78 is 67.8. The van der Waals surface area contributed by atoms with Gasteiger partial charge >= 0.3 is 12.1 Å². The van der Waals surface area contributed by atoms with Crippen molar-refractivity contribution in [1.82, 2.24) is 4.90 Å². The lowest BCUT2D eigenvalue weighted by Gasteiger charge is -2.43. The lowest BCUT2D eigenvalue weighted by Crippen LogP contribution is -2.54. The molecule has 0 radical (unpaired) electrons. The minimum absolute atomic E-state index is 0.256. The predicted molar refractivity (Wildman–Crippen MR) is 118 cm³/mol. The molecule has 1 aromatic carbocycles. The molecule has 1 aromatic rings. The molecule has 188 valence electrons. The van der Waals surface area contributed by atoms with Gasteiger partial charge in [0.2, 0.25) is 5.79 Å². The monoisotopic (exact) mass is 493 g/mol. The zero-order chi connectivity index (χ0) is 25.1. The Kier molecular flexibility index (Phi) is 8.62. The minimum atomic E-state index is -5.19. The molecule has 6 nitrogen and oxygen atoms in total. The average Bonchev–Trinajstić information content (AvgIpc) is 2.73. The third-order valence-corrected chi connectivity index (χ3v) is 8.99. The minimum Gasteiger partial charge on any atom is -0.426 e. The summed E-state index contributed by atoms with van der Waals surface area (Å²) in [5, 5.41) is 10.9. The van der Waals surface area contributed by atoms with Crippen molar-refractivity contribution < 1.29 is 36.2 Å². The van der Waals surface area contributed by atoms with Gasteiger partial charge in [0.05, 0.1) is 9.64 Å². The maximum atomic E-state index is 13.0. The summed E-state index contributed by atoms with van der Waals surface area (Å²) >= 11 is 0. The number of ether oxygens (including phenoxy) is 1. The molecule has 0 amide bonds. The van der Waals surface area contributed by atoms with Gasteiger partial charge in [-0.2, -0.15) is 13.2 Å². The molecule has 0 spiro atoms. The zero-order valence-electron chi connectivity index (χ0n) is 19.6. The molecule has 1 N–H and O–H groups in total. The number of benzene rings is 1. The summed E-state index contributed by atoms with van der Waals surface area (Å²) in [7, 11) is -3.54. The molecule has 1 fully saturated rings. The maximum Gasteiger partial charge on any atom is 0.491 e. The van der Waals surface area contributed by atoms with Crippen LogP contribution in [0.1, 0.15) is 53.4 Å². The summed E-state index contributed by atoms with van der Waals surface area (Å²) in [6, 6.07) is 8.25. The number of likely N-dealkylation sites (tertiary alicyclic amines) is 1. The number of hydrogen-bond donors (Lipinski definition) is 1. The zero-order valence-corrected chi connectivity index (χ0v) is 20.4. The molecule has 2 rings (SSSR count). The number of rotatable bonds is 9. The van der Waals surface area contributed by atoms with Crippen LogP contribution in [0.15, 0.2) is 35.2 Å². The number of halogens is 3. The van der Waals surface area contributed by atoms with Gasteiger partial charge in [-0.25, -0.2) is 13.2 Å². The molecule has 0 aromatic heterocycles. The van der Waals surface area contributed by atoms with Crippen molar-refractivity contribution in [1.29, 1.82) is 0 Å². The normalized spacial score (nSPS) is 20.5. The molecule has 0 bridgehead atoms. The summed E-state index contributed by atoms with van der Waals surface area (Å²) in [4.78, 5) is 13.7. The van der Waals surface area contributed by atoms with E-state index in [1.807, 2.05) is 4.90 Å². The molecule has 1 aliphatic heterocycles. The second-order valence-corrected chi connectivity index (χ2v) is 12.2. The van der Waals surface area contributed by atoms with Gasteiger partial charge in [-0.05, 0) is 64.8 Å². The Balaban J connectivity index is 2.02. The summed E-state index contributed by atoms with van der Waals surface area (Å²) in [5.74, 6) is -6.05. The summed E-state index contributed by atoms with van der Waals surface area (Å²) in [5.41, 5.74) is 0. The molecule has 1 heterocycles. The Morgan fingerprint density at radius 1 is 1.21 bits per heavy atom. The van der Waals surface area contributed by atoms with Crippen molar-refractivity contribution in [3.63, 3.8) is 0 Å². The van der Waals surface area contributed by atoms with Crippen LogP contribution in [0.2, 0.25) is 0 Å². The third kappa shape index (κ3) is 6.48. The van der Waals surface area contributed by atoms with Gasteiger partial charge < -0.3 is 14.7 Å². The maximum absolute atomic E-state index is 13.0. The van der Waals surface area contributed by atoms with Crippen molar-refractivity contribution >= 4 is 15.8 Å². The van der Waals surface area contributed by atoms with E-state index in [1.165, 1.54) is 13.8 Å². The van der Waals surface area contributed by atoms with Gasteiger partial charge in [0.25, 0.3) is 0 Å². The molecule has 2 unspecified atom stereocenters. The third-order valence-electron chi connectivity index (χ3n) is 6.44. The standard InChI is InChI=1S/C23H34F3NO5S/c1-17(2)22(29,32-20(28)23(24,25)26)18-10-8-14-27(16-18)15-9-13-21(3,4)33(30,31)19-11-6-5-7-12-19/h5-7,11-12,17-18,29H,8-10,13-16H2,1-4H3. The largest absolute Gasteiger partial charge is 0.491 e. The molecular weight excluding hydrogens is 459 g/mol. The predicted octanol–water partition coefficient (Wildman–Crippen LogP) is 4.18. The van der Waals surface area contributed by atoms with Gasteiger partial charge in [0.15, 0.2) is 9.84 Å². The molecule has 0 aliphatic carbocycles. The van der Waals surface area contributed by atoms with Gasteiger partial charge in [-0.3, -0.25) is 0 Å². The van der Waals surface area contributed by atoms with E-state index < -0.39 is 44.4 Å². The van der Waals surface area contributed by atoms with E-state index in [-0.39, 0.29) is 11.4 Å². The Labute approximate surface area is 194 Å². The van der Waals surface area contributed by atoms with Crippen LogP contribution in [0.3, 0.4) is 0 Å². The highest BCUT2D eigenvalue weighted by Crippen LogP contribution is 2.36. The van der Waals surface area contributed by atoms with Gasteiger partial charge in [0.1, 0.15) is 0 Å². The van der Waals surface area contributed by atoms with Gasteiger partial charge in [-0.1, -0.05) is 32.0 Å². The van der Waals surface area contributed by atoms with Gasteiger partial charge in [0, 0.05) is 18.4 Å². The Hall–Kier alpha value is -1.65. The van der Waals surface area contributed by atoms with Crippen molar-refractivity contribution in [3.8, 4) is 0 Å². The Bertz CT molecular complexity index is 902. The lowest BCUT2D eigenvalue weighted by molar-refractivity contribution is -0.282. The van der Waals surface area contributed by atoms with E-state index in [2.05, 4.69) is 4.74 Å². The van der Waals surface area contributed by atoms with Crippen molar-refractivity contribution in [2.45, 2.75) is 75.0 Å². The van der Waals surface area contributed by atoms with Crippen LogP contribution in [-0.4, -0.2) is 60.7 Å². The van der Waals surface area contributed by atoms with E-state index in [1.54, 1.807) is 44.2 Å². The fourth-order valence-electron chi connectivity index (χ4n) is 4.26. The highest BCUT2D eigenvalue weighted by atomic mass is 32.2. The molecule has 0 saturated carbocycles. The van der Waals surface area contributed by atoms with E-state index in [0.717, 1.165) is 0 Å². The van der Waals surface area contributed by atoms with Crippen LogP contribution in [0.5, 0.6) is 0 Å². The van der Waals surface area contributed by atoms with E-state index >= 15 is 0 Å². The number of piperidine rings is 1. The van der Waals surface area contributed by atoms with E-state index in [9.17, 15) is 31.5 Å². The van der Waals surface area contributed by atoms with Crippen LogP contribution in [0.25, 0.3) is 0 Å². The van der Waals surface area contributed by atoms with Gasteiger partial charge in [-0.15, -0.1) is 0 Å². The first-order valence-electron chi connectivity index (χ1n) is 11.2. The van der Waals surface area contributed by atoms with Crippen LogP contribution >= 0.6 is 0 Å². The number of sulfone groups is 1. The molecule has 10 heteroatoms. The summed E-state index contributed by atoms with van der Waals surface area (Å²) in [6.07, 6.45) is -3.21. The fourth-order valence-corrected chi connectivity index (χ4v) is 5.82.